The monoisotopic (exact) mass is 240 g/mol. The Balaban J connectivity index is 3.14. The van der Waals surface area contributed by atoms with Gasteiger partial charge >= 0.3 is 0 Å². The van der Waals surface area contributed by atoms with Crippen LogP contribution in [0.5, 0.6) is 0 Å². The minimum absolute atomic E-state index is 0.226. The van der Waals surface area contributed by atoms with E-state index in [0.29, 0.717) is 12.8 Å². The number of ketones is 1. The number of hydrogen-bond donors (Lipinski definition) is 0. The highest BCUT2D eigenvalue weighted by molar-refractivity contribution is 7.92. The SMILES string of the molecule is CCCC(C(C)=O)S(=O)(=O)c1ccccc1. The van der Waals surface area contributed by atoms with Gasteiger partial charge in [-0.15, -0.1) is 0 Å². The number of benzene rings is 1. The number of rotatable bonds is 5. The topological polar surface area (TPSA) is 51.2 Å². The second kappa shape index (κ2) is 5.25. The van der Waals surface area contributed by atoms with Gasteiger partial charge in [-0.25, -0.2) is 8.42 Å². The van der Waals surface area contributed by atoms with Crippen molar-refractivity contribution in [2.24, 2.45) is 0 Å². The van der Waals surface area contributed by atoms with E-state index in [0.717, 1.165) is 0 Å². The lowest BCUT2D eigenvalue weighted by Crippen LogP contribution is -2.28. The van der Waals surface area contributed by atoms with Crippen LogP contribution in [0.1, 0.15) is 26.7 Å². The quantitative estimate of drug-likeness (QED) is 0.793. The van der Waals surface area contributed by atoms with Crippen molar-refractivity contribution in [2.45, 2.75) is 36.8 Å². The normalized spacial score (nSPS) is 13.4. The molecular weight excluding hydrogens is 224 g/mol. The summed E-state index contributed by atoms with van der Waals surface area (Å²) < 4.78 is 24.3. The highest BCUT2D eigenvalue weighted by Gasteiger charge is 2.30. The molecule has 16 heavy (non-hydrogen) atoms. The maximum Gasteiger partial charge on any atom is 0.188 e. The lowest BCUT2D eigenvalue weighted by atomic mass is 10.2. The van der Waals surface area contributed by atoms with Crippen molar-refractivity contribution in [2.75, 3.05) is 0 Å². The van der Waals surface area contributed by atoms with Gasteiger partial charge in [-0.05, 0) is 25.5 Å². The van der Waals surface area contributed by atoms with Gasteiger partial charge in [0.1, 0.15) is 11.0 Å². The molecule has 0 saturated heterocycles. The third-order valence-corrected chi connectivity index (χ3v) is 4.70. The van der Waals surface area contributed by atoms with Crippen molar-refractivity contribution in [3.63, 3.8) is 0 Å². The van der Waals surface area contributed by atoms with Crippen LogP contribution in [0.4, 0.5) is 0 Å². The Labute approximate surface area is 96.4 Å². The fourth-order valence-electron chi connectivity index (χ4n) is 1.61. The van der Waals surface area contributed by atoms with Crippen LogP contribution >= 0.6 is 0 Å². The second-order valence-electron chi connectivity index (χ2n) is 3.75. The Bertz CT molecular complexity index is 448. The van der Waals surface area contributed by atoms with Gasteiger partial charge in [-0.3, -0.25) is 4.79 Å². The predicted octanol–water partition coefficient (Wildman–Crippen LogP) is 2.22. The molecule has 0 aliphatic rings. The molecule has 1 aromatic rings. The molecule has 0 saturated carbocycles. The van der Waals surface area contributed by atoms with E-state index in [2.05, 4.69) is 0 Å². The first-order valence-electron chi connectivity index (χ1n) is 5.29. The molecule has 3 nitrogen and oxygen atoms in total. The van der Waals surface area contributed by atoms with Crippen LogP contribution < -0.4 is 0 Å². The number of hydrogen-bond acceptors (Lipinski definition) is 3. The van der Waals surface area contributed by atoms with E-state index < -0.39 is 15.1 Å². The maximum atomic E-state index is 12.1. The average molecular weight is 240 g/mol. The van der Waals surface area contributed by atoms with E-state index in [9.17, 15) is 13.2 Å². The summed E-state index contributed by atoms with van der Waals surface area (Å²) in [5, 5.41) is -0.903. The van der Waals surface area contributed by atoms with Crippen molar-refractivity contribution >= 4 is 15.6 Å². The number of carbonyl (C=O) groups is 1. The number of sulfone groups is 1. The van der Waals surface area contributed by atoms with Crippen molar-refractivity contribution < 1.29 is 13.2 Å². The van der Waals surface area contributed by atoms with Crippen molar-refractivity contribution in [3.8, 4) is 0 Å². The summed E-state index contributed by atoms with van der Waals surface area (Å²) in [5.41, 5.74) is 0. The molecule has 0 fully saturated rings. The highest BCUT2D eigenvalue weighted by atomic mass is 32.2. The second-order valence-corrected chi connectivity index (χ2v) is 5.88. The summed E-state index contributed by atoms with van der Waals surface area (Å²) in [6, 6.07) is 8.13. The molecule has 0 amide bonds. The molecule has 1 atom stereocenters. The summed E-state index contributed by atoms with van der Waals surface area (Å²) in [5.74, 6) is -0.286. The minimum Gasteiger partial charge on any atom is -0.299 e. The highest BCUT2D eigenvalue weighted by Crippen LogP contribution is 2.19. The Hall–Kier alpha value is -1.16. The zero-order valence-electron chi connectivity index (χ0n) is 9.51. The largest absolute Gasteiger partial charge is 0.299 e. The Morgan fingerprint density at radius 1 is 1.25 bits per heavy atom. The van der Waals surface area contributed by atoms with Crippen molar-refractivity contribution in [1.82, 2.24) is 0 Å². The molecule has 1 unspecified atom stereocenters. The van der Waals surface area contributed by atoms with E-state index >= 15 is 0 Å². The maximum absolute atomic E-state index is 12.1. The zero-order valence-corrected chi connectivity index (χ0v) is 10.3. The predicted molar refractivity (Wildman–Crippen MR) is 63.0 cm³/mol. The summed E-state index contributed by atoms with van der Waals surface area (Å²) >= 11 is 0. The average Bonchev–Trinajstić information content (AvgIpc) is 2.26. The van der Waals surface area contributed by atoms with Crippen LogP contribution in [0.3, 0.4) is 0 Å². The standard InChI is InChI=1S/C12H16O3S/c1-3-7-12(10(2)13)16(14,15)11-8-5-4-6-9-11/h4-6,8-9,12H,3,7H2,1-2H3. The lowest BCUT2D eigenvalue weighted by Gasteiger charge is -2.13. The van der Waals surface area contributed by atoms with E-state index in [1.807, 2.05) is 6.92 Å². The molecule has 0 heterocycles. The first-order valence-corrected chi connectivity index (χ1v) is 6.84. The Kier molecular flexibility index (Phi) is 4.24. The molecule has 0 aliphatic carbocycles. The summed E-state index contributed by atoms with van der Waals surface area (Å²) in [4.78, 5) is 11.6. The molecule has 0 radical (unpaired) electrons. The van der Waals surface area contributed by atoms with E-state index in [-0.39, 0.29) is 10.7 Å². The van der Waals surface area contributed by atoms with E-state index in [1.165, 1.54) is 19.1 Å². The first-order chi connectivity index (χ1) is 7.50. The zero-order chi connectivity index (χ0) is 12.2. The van der Waals surface area contributed by atoms with Gasteiger partial charge < -0.3 is 0 Å². The molecule has 0 spiro atoms. The molecule has 0 aromatic heterocycles. The van der Waals surface area contributed by atoms with Gasteiger partial charge in [-0.1, -0.05) is 31.5 Å². The Morgan fingerprint density at radius 2 is 1.81 bits per heavy atom. The van der Waals surface area contributed by atoms with Gasteiger partial charge in [0.2, 0.25) is 0 Å². The lowest BCUT2D eigenvalue weighted by molar-refractivity contribution is -0.116. The third-order valence-electron chi connectivity index (χ3n) is 2.45. The Morgan fingerprint density at radius 3 is 2.25 bits per heavy atom. The van der Waals surface area contributed by atoms with E-state index in [1.54, 1.807) is 18.2 Å². The summed E-state index contributed by atoms with van der Waals surface area (Å²) in [7, 11) is -3.51. The fraction of sp³-hybridized carbons (Fsp3) is 0.417. The van der Waals surface area contributed by atoms with Crippen molar-refractivity contribution in [1.29, 1.82) is 0 Å². The molecule has 1 rings (SSSR count). The van der Waals surface area contributed by atoms with Gasteiger partial charge in [-0.2, -0.15) is 0 Å². The summed E-state index contributed by atoms with van der Waals surface area (Å²) in [6.45, 7) is 3.21. The van der Waals surface area contributed by atoms with E-state index in [4.69, 9.17) is 0 Å². The van der Waals surface area contributed by atoms with Crippen LogP contribution in [-0.4, -0.2) is 19.5 Å². The van der Waals surface area contributed by atoms with Gasteiger partial charge in [0, 0.05) is 0 Å². The molecule has 88 valence electrons. The van der Waals surface area contributed by atoms with Crippen LogP contribution in [0, 0.1) is 0 Å². The summed E-state index contributed by atoms with van der Waals surface area (Å²) in [6.07, 6.45) is 1.06. The van der Waals surface area contributed by atoms with Crippen LogP contribution in [-0.2, 0) is 14.6 Å². The fourth-order valence-corrected chi connectivity index (χ4v) is 3.46. The molecule has 1 aromatic carbocycles. The smallest absolute Gasteiger partial charge is 0.188 e. The molecule has 0 N–H and O–H groups in total. The number of Topliss-reactive ketones (excluding diaryl/α,β-unsaturated/α-hetero) is 1. The van der Waals surface area contributed by atoms with Crippen molar-refractivity contribution in [3.05, 3.63) is 30.3 Å². The number of carbonyl (C=O) groups excluding carboxylic acids is 1. The van der Waals surface area contributed by atoms with Crippen LogP contribution in [0.25, 0.3) is 0 Å². The molecule has 0 bridgehead atoms. The van der Waals surface area contributed by atoms with Gasteiger partial charge in [0.05, 0.1) is 4.90 Å². The third kappa shape index (κ3) is 2.70. The molecular formula is C12H16O3S. The molecule has 0 aliphatic heterocycles. The first kappa shape index (κ1) is 12.9. The molecule has 4 heteroatoms. The van der Waals surface area contributed by atoms with Gasteiger partial charge in [0.15, 0.2) is 9.84 Å². The van der Waals surface area contributed by atoms with Crippen LogP contribution in [0.2, 0.25) is 0 Å². The minimum atomic E-state index is -3.51. The van der Waals surface area contributed by atoms with Gasteiger partial charge in [0.25, 0.3) is 0 Å². The van der Waals surface area contributed by atoms with Crippen LogP contribution in [0.15, 0.2) is 35.2 Å².